The number of hydrogen-bond donors (Lipinski definition) is 3. The second kappa shape index (κ2) is 18.3. The van der Waals surface area contributed by atoms with Crippen molar-refractivity contribution in [2.45, 2.75) is 137 Å². The van der Waals surface area contributed by atoms with E-state index in [0.717, 1.165) is 50.4 Å². The van der Waals surface area contributed by atoms with Crippen molar-refractivity contribution in [1.29, 1.82) is 0 Å². The Hall–Kier alpha value is -1.05. The molecule has 0 aromatic heterocycles. The van der Waals surface area contributed by atoms with Crippen LogP contribution in [0.15, 0.2) is 29.3 Å². The highest BCUT2D eigenvalue weighted by molar-refractivity contribution is 5.85. The summed E-state index contributed by atoms with van der Waals surface area (Å²) in [5, 5.41) is 6.82. The summed E-state index contributed by atoms with van der Waals surface area (Å²) >= 11 is 0. The molecule has 4 fully saturated rings. The summed E-state index contributed by atoms with van der Waals surface area (Å²) in [5.74, 6) is 3.33. The minimum Gasteiger partial charge on any atom is -0.379 e. The highest BCUT2D eigenvalue weighted by Gasteiger charge is 2.58. The second-order valence-electron chi connectivity index (χ2n) is 15.0. The van der Waals surface area contributed by atoms with Gasteiger partial charge in [-0.2, -0.15) is 0 Å². The molecule has 1 heterocycles. The molecule has 4 aliphatic rings. The van der Waals surface area contributed by atoms with E-state index < -0.39 is 0 Å². The lowest BCUT2D eigenvalue weighted by atomic mass is 9.47. The third-order valence-electron chi connectivity index (χ3n) is 12.0. The first-order valence-electron chi connectivity index (χ1n) is 18.3. The molecular formula is C38H70N4O2. The zero-order valence-electron chi connectivity index (χ0n) is 30.0. The monoisotopic (exact) mass is 615 g/mol. The number of allylic oxidation sites excluding steroid dienone is 3. The van der Waals surface area contributed by atoms with Gasteiger partial charge in [-0.25, -0.2) is 5.48 Å². The number of aliphatic imine (C=N–C) groups is 1. The van der Waals surface area contributed by atoms with Crippen LogP contribution in [0.3, 0.4) is 0 Å². The molecule has 254 valence electrons. The molecule has 6 heteroatoms. The standard InChI is InChI=1S/C34H58N2O.C4H12N2O/c1-8-10-26-11-14-29-31-16-15-30(34(31,7)21-17-32(29)33(26,6)20-9-2)25(5)35-22-18-27-12-13-28(36-27)19-23-37-24(3)4;1-5-3-4-6-7-2/h8,10,24,27-32,36H,1,9,11-23H2,2-7H3;5-6H,3-4H2,1-2H3/b26-10-,35-25?;. The smallest absolute Gasteiger partial charge is 0.0572 e. The van der Waals surface area contributed by atoms with E-state index in [1.54, 1.807) is 12.7 Å². The van der Waals surface area contributed by atoms with Gasteiger partial charge >= 0.3 is 0 Å². The topological polar surface area (TPSA) is 66.9 Å². The van der Waals surface area contributed by atoms with Crippen LogP contribution in [-0.2, 0) is 9.57 Å². The number of hydrogen-bond acceptors (Lipinski definition) is 6. The maximum atomic E-state index is 5.77. The van der Waals surface area contributed by atoms with Gasteiger partial charge < -0.3 is 20.2 Å². The van der Waals surface area contributed by atoms with Gasteiger partial charge in [0.1, 0.15) is 0 Å². The van der Waals surface area contributed by atoms with Crippen LogP contribution in [0.1, 0.15) is 119 Å². The largest absolute Gasteiger partial charge is 0.379 e. The van der Waals surface area contributed by atoms with Crippen molar-refractivity contribution in [3.05, 3.63) is 24.3 Å². The fraction of sp³-hybridized carbons (Fsp3) is 0.868. The molecule has 6 nitrogen and oxygen atoms in total. The number of nitrogens with one attached hydrogen (secondary N) is 3. The molecule has 0 amide bonds. The Morgan fingerprint density at radius 2 is 1.82 bits per heavy atom. The van der Waals surface area contributed by atoms with Gasteiger partial charge in [-0.1, -0.05) is 51.5 Å². The lowest BCUT2D eigenvalue weighted by Gasteiger charge is -2.57. The van der Waals surface area contributed by atoms with Crippen LogP contribution in [0.2, 0.25) is 0 Å². The quantitative estimate of drug-likeness (QED) is 0.0994. The molecule has 1 aliphatic heterocycles. The molecule has 0 radical (unpaired) electrons. The van der Waals surface area contributed by atoms with E-state index in [1.807, 2.05) is 13.1 Å². The summed E-state index contributed by atoms with van der Waals surface area (Å²) in [6, 6.07) is 1.27. The zero-order valence-corrected chi connectivity index (χ0v) is 30.0. The molecule has 3 N–H and O–H groups in total. The van der Waals surface area contributed by atoms with E-state index in [2.05, 4.69) is 75.1 Å². The molecule has 0 spiro atoms. The van der Waals surface area contributed by atoms with Crippen LogP contribution >= 0.6 is 0 Å². The van der Waals surface area contributed by atoms with Crippen molar-refractivity contribution < 1.29 is 9.57 Å². The first-order chi connectivity index (χ1) is 21.1. The van der Waals surface area contributed by atoms with Crippen molar-refractivity contribution in [2.75, 3.05) is 40.4 Å². The minimum absolute atomic E-state index is 0.340. The number of nitrogens with zero attached hydrogens (tertiary/aromatic N) is 1. The normalized spacial score (nSPS) is 36.2. The minimum atomic E-state index is 0.340. The SMILES string of the molecule is C=C/C=C1/CCC2C(CCC3(C)C(C(C)=NCCC4CCC(CCOC(C)C)N4)CCC23)C1(C)CCC.CNCCNOC. The molecule has 0 aromatic carbocycles. The first kappa shape index (κ1) is 37.4. The van der Waals surface area contributed by atoms with Crippen molar-refractivity contribution in [2.24, 2.45) is 39.5 Å². The van der Waals surface area contributed by atoms with Gasteiger partial charge in [0, 0.05) is 50.0 Å². The lowest BCUT2D eigenvalue weighted by molar-refractivity contribution is -0.0408. The molecule has 0 bridgehead atoms. The summed E-state index contributed by atoms with van der Waals surface area (Å²) in [5.41, 5.74) is 6.67. The fourth-order valence-corrected chi connectivity index (χ4v) is 9.88. The average molecular weight is 615 g/mol. The van der Waals surface area contributed by atoms with Gasteiger partial charge in [-0.3, -0.25) is 4.99 Å². The van der Waals surface area contributed by atoms with Gasteiger partial charge in [0.05, 0.1) is 13.2 Å². The Morgan fingerprint density at radius 1 is 1.07 bits per heavy atom. The van der Waals surface area contributed by atoms with E-state index in [1.165, 1.54) is 76.3 Å². The van der Waals surface area contributed by atoms with E-state index >= 15 is 0 Å². The Kier molecular flexibility index (Phi) is 15.6. The van der Waals surface area contributed by atoms with Crippen LogP contribution in [0.25, 0.3) is 0 Å². The van der Waals surface area contributed by atoms with Crippen molar-refractivity contribution in [3.63, 3.8) is 0 Å². The fourth-order valence-electron chi connectivity index (χ4n) is 9.88. The molecule has 44 heavy (non-hydrogen) atoms. The van der Waals surface area contributed by atoms with E-state index in [-0.39, 0.29) is 0 Å². The predicted molar refractivity (Wildman–Crippen MR) is 188 cm³/mol. The number of fused-ring (bicyclic) bond motifs is 3. The molecule has 0 aromatic rings. The third kappa shape index (κ3) is 9.50. The van der Waals surface area contributed by atoms with E-state index in [9.17, 15) is 0 Å². The van der Waals surface area contributed by atoms with Crippen LogP contribution in [-0.4, -0.2) is 64.3 Å². The average Bonchev–Trinajstić information content (AvgIpc) is 3.59. The van der Waals surface area contributed by atoms with E-state index in [4.69, 9.17) is 9.73 Å². The van der Waals surface area contributed by atoms with Crippen LogP contribution in [0, 0.1) is 34.5 Å². The second-order valence-corrected chi connectivity index (χ2v) is 15.0. The van der Waals surface area contributed by atoms with Gasteiger partial charge in [0.15, 0.2) is 0 Å². The van der Waals surface area contributed by atoms with Gasteiger partial charge in [0.25, 0.3) is 0 Å². The molecular weight excluding hydrogens is 544 g/mol. The molecule has 1 saturated heterocycles. The molecule has 8 unspecified atom stereocenters. The lowest BCUT2D eigenvalue weighted by Crippen LogP contribution is -2.50. The summed E-state index contributed by atoms with van der Waals surface area (Å²) < 4.78 is 5.77. The van der Waals surface area contributed by atoms with Crippen LogP contribution in [0.4, 0.5) is 0 Å². The van der Waals surface area contributed by atoms with Gasteiger partial charge in [-0.15, -0.1) is 0 Å². The highest BCUT2D eigenvalue weighted by Crippen LogP contribution is 2.66. The Bertz CT molecular complexity index is 915. The summed E-state index contributed by atoms with van der Waals surface area (Å²) in [6.07, 6.45) is 20.5. The van der Waals surface area contributed by atoms with Crippen molar-refractivity contribution in [3.8, 4) is 0 Å². The summed E-state index contributed by atoms with van der Waals surface area (Å²) in [4.78, 5) is 9.80. The predicted octanol–water partition coefficient (Wildman–Crippen LogP) is 7.90. The number of ether oxygens (including phenoxy) is 1. The highest BCUT2D eigenvalue weighted by atomic mass is 16.6. The summed E-state index contributed by atoms with van der Waals surface area (Å²) in [7, 11) is 3.51. The molecule has 3 saturated carbocycles. The zero-order chi connectivity index (χ0) is 32.2. The maximum absolute atomic E-state index is 5.77. The first-order valence-corrected chi connectivity index (χ1v) is 18.3. The molecule has 8 atom stereocenters. The van der Waals surface area contributed by atoms with Gasteiger partial charge in [-0.05, 0) is 127 Å². The molecule has 4 rings (SSSR count). The number of rotatable bonds is 15. The van der Waals surface area contributed by atoms with Crippen molar-refractivity contribution >= 4 is 5.71 Å². The third-order valence-corrected chi connectivity index (χ3v) is 12.0. The van der Waals surface area contributed by atoms with E-state index in [0.29, 0.717) is 34.9 Å². The maximum Gasteiger partial charge on any atom is 0.0572 e. The van der Waals surface area contributed by atoms with Crippen LogP contribution in [0.5, 0.6) is 0 Å². The Morgan fingerprint density at radius 3 is 2.48 bits per heavy atom. The summed E-state index contributed by atoms with van der Waals surface area (Å²) in [6.45, 7) is 22.0. The van der Waals surface area contributed by atoms with Crippen molar-refractivity contribution in [1.82, 2.24) is 16.1 Å². The Labute approximate surface area is 272 Å². The van der Waals surface area contributed by atoms with Gasteiger partial charge in [0.2, 0.25) is 0 Å². The Balaban J connectivity index is 0.000000676. The molecule has 3 aliphatic carbocycles. The van der Waals surface area contributed by atoms with Crippen LogP contribution < -0.4 is 16.1 Å². The number of likely N-dealkylation sites (N-methyl/N-ethyl adjacent to an activating group) is 1. The number of hydroxylamine groups is 1.